The van der Waals surface area contributed by atoms with Gasteiger partial charge in [-0.05, 0) is 56.2 Å². The maximum absolute atomic E-state index is 12.2. The van der Waals surface area contributed by atoms with Crippen LogP contribution in [0.1, 0.15) is 27.0 Å². The Kier molecular flexibility index (Phi) is 6.71. The van der Waals surface area contributed by atoms with Crippen molar-refractivity contribution in [1.29, 1.82) is 0 Å². The van der Waals surface area contributed by atoms with Crippen molar-refractivity contribution >= 4 is 23.4 Å². The van der Waals surface area contributed by atoms with E-state index in [1.54, 1.807) is 24.3 Å². The normalized spacial score (nSPS) is 10.2. The van der Waals surface area contributed by atoms with Crippen molar-refractivity contribution in [3.63, 3.8) is 0 Å². The molecule has 0 heterocycles. The summed E-state index contributed by atoms with van der Waals surface area (Å²) < 4.78 is 0. The number of carbonyl (C=O) groups excluding carboxylic acids is 3. The molecule has 0 aliphatic rings. The Balaban J connectivity index is 1.82. The summed E-state index contributed by atoms with van der Waals surface area (Å²) >= 11 is 0. The highest BCUT2D eigenvalue weighted by atomic mass is 16.2. The fourth-order valence-corrected chi connectivity index (χ4v) is 2.42. The van der Waals surface area contributed by atoms with Crippen molar-refractivity contribution < 1.29 is 14.4 Å². The van der Waals surface area contributed by atoms with Crippen LogP contribution in [0.25, 0.3) is 0 Å². The monoisotopic (exact) mass is 367 g/mol. The predicted octanol–water partition coefficient (Wildman–Crippen LogP) is 2.44. The third kappa shape index (κ3) is 5.95. The molecule has 0 atom stereocenters. The molecule has 2 N–H and O–H groups in total. The minimum Gasteiger partial charge on any atom is -0.343 e. The predicted molar refractivity (Wildman–Crippen MR) is 106 cm³/mol. The summed E-state index contributed by atoms with van der Waals surface area (Å²) in [6.45, 7) is 5.60. The van der Waals surface area contributed by atoms with E-state index >= 15 is 0 Å². The number of hydrogen-bond donors (Lipinski definition) is 2. The lowest BCUT2D eigenvalue weighted by Gasteiger charge is -2.17. The van der Waals surface area contributed by atoms with Crippen molar-refractivity contribution in [3.8, 4) is 0 Å². The van der Waals surface area contributed by atoms with E-state index in [1.807, 2.05) is 39.0 Å². The first-order valence-electron chi connectivity index (χ1n) is 8.72. The molecule has 0 aromatic heterocycles. The summed E-state index contributed by atoms with van der Waals surface area (Å²) in [5.41, 5.74) is 4.39. The Morgan fingerprint density at radius 3 is 2.22 bits per heavy atom. The number of carbonyl (C=O) groups is 3. The molecule has 0 saturated heterocycles. The van der Waals surface area contributed by atoms with Gasteiger partial charge >= 0.3 is 0 Å². The van der Waals surface area contributed by atoms with Crippen molar-refractivity contribution in [1.82, 2.24) is 10.2 Å². The summed E-state index contributed by atoms with van der Waals surface area (Å²) in [7, 11) is 1.53. The summed E-state index contributed by atoms with van der Waals surface area (Å²) in [4.78, 5) is 37.7. The molecule has 0 bridgehead atoms. The molecule has 142 valence electrons. The lowest BCUT2D eigenvalue weighted by molar-refractivity contribution is -0.132. The molecule has 0 spiro atoms. The van der Waals surface area contributed by atoms with Gasteiger partial charge in [0, 0.05) is 18.3 Å². The van der Waals surface area contributed by atoms with Crippen molar-refractivity contribution in [3.05, 3.63) is 64.7 Å². The van der Waals surface area contributed by atoms with Crippen LogP contribution in [0.5, 0.6) is 0 Å². The molecule has 2 rings (SSSR count). The number of amides is 3. The summed E-state index contributed by atoms with van der Waals surface area (Å²) in [6, 6.07) is 12.8. The van der Waals surface area contributed by atoms with E-state index in [4.69, 9.17) is 0 Å². The number of benzene rings is 2. The third-order valence-electron chi connectivity index (χ3n) is 4.31. The SMILES string of the molecule is Cc1ccc(NC(=O)CN(C)C(=O)CNC(=O)c2ccc(C)c(C)c2)cc1. The maximum Gasteiger partial charge on any atom is 0.251 e. The van der Waals surface area contributed by atoms with E-state index < -0.39 is 0 Å². The Morgan fingerprint density at radius 2 is 1.59 bits per heavy atom. The zero-order chi connectivity index (χ0) is 20.0. The largest absolute Gasteiger partial charge is 0.343 e. The van der Waals surface area contributed by atoms with Crippen LogP contribution in [0.3, 0.4) is 0 Å². The second kappa shape index (κ2) is 8.98. The van der Waals surface area contributed by atoms with Gasteiger partial charge in [0.15, 0.2) is 0 Å². The van der Waals surface area contributed by atoms with Gasteiger partial charge < -0.3 is 15.5 Å². The minimum absolute atomic E-state index is 0.0911. The quantitative estimate of drug-likeness (QED) is 0.823. The zero-order valence-electron chi connectivity index (χ0n) is 16.1. The number of aryl methyl sites for hydroxylation is 3. The number of nitrogens with one attached hydrogen (secondary N) is 2. The highest BCUT2D eigenvalue weighted by Gasteiger charge is 2.15. The van der Waals surface area contributed by atoms with Gasteiger partial charge in [0.2, 0.25) is 11.8 Å². The molecule has 6 nitrogen and oxygen atoms in total. The lowest BCUT2D eigenvalue weighted by Crippen LogP contribution is -2.41. The van der Waals surface area contributed by atoms with E-state index in [0.717, 1.165) is 16.7 Å². The van der Waals surface area contributed by atoms with E-state index in [-0.39, 0.29) is 30.8 Å². The molecule has 0 aliphatic carbocycles. The second-order valence-corrected chi connectivity index (χ2v) is 6.65. The summed E-state index contributed by atoms with van der Waals surface area (Å²) in [6.07, 6.45) is 0. The highest BCUT2D eigenvalue weighted by molar-refractivity contribution is 5.98. The maximum atomic E-state index is 12.2. The van der Waals surface area contributed by atoms with Gasteiger partial charge in [-0.2, -0.15) is 0 Å². The first-order chi connectivity index (χ1) is 12.8. The van der Waals surface area contributed by atoms with Gasteiger partial charge in [-0.1, -0.05) is 23.8 Å². The van der Waals surface area contributed by atoms with E-state index in [9.17, 15) is 14.4 Å². The van der Waals surface area contributed by atoms with Crippen LogP contribution in [0.15, 0.2) is 42.5 Å². The van der Waals surface area contributed by atoms with Crippen LogP contribution in [0.2, 0.25) is 0 Å². The van der Waals surface area contributed by atoms with Gasteiger partial charge in [-0.15, -0.1) is 0 Å². The van der Waals surface area contributed by atoms with Gasteiger partial charge in [0.1, 0.15) is 0 Å². The van der Waals surface area contributed by atoms with Gasteiger partial charge in [-0.25, -0.2) is 0 Å². The van der Waals surface area contributed by atoms with Gasteiger partial charge in [0.25, 0.3) is 5.91 Å². The second-order valence-electron chi connectivity index (χ2n) is 6.65. The summed E-state index contributed by atoms with van der Waals surface area (Å²) in [5.74, 6) is -0.953. The van der Waals surface area contributed by atoms with Crippen LogP contribution in [-0.4, -0.2) is 42.8 Å². The van der Waals surface area contributed by atoms with E-state index in [0.29, 0.717) is 11.3 Å². The molecule has 0 radical (unpaired) electrons. The molecule has 0 aliphatic heterocycles. The third-order valence-corrected chi connectivity index (χ3v) is 4.31. The molecule has 3 amide bonds. The number of anilines is 1. The van der Waals surface area contributed by atoms with Crippen molar-refractivity contribution in [2.75, 3.05) is 25.5 Å². The Bertz CT molecular complexity index is 844. The Hall–Kier alpha value is -3.15. The molecule has 0 saturated carbocycles. The van der Waals surface area contributed by atoms with Gasteiger partial charge in [-0.3, -0.25) is 14.4 Å². The molecular weight excluding hydrogens is 342 g/mol. The highest BCUT2D eigenvalue weighted by Crippen LogP contribution is 2.10. The fourth-order valence-electron chi connectivity index (χ4n) is 2.42. The van der Waals surface area contributed by atoms with E-state index in [1.165, 1.54) is 11.9 Å². The topological polar surface area (TPSA) is 78.5 Å². The first kappa shape index (κ1) is 20.2. The molecule has 6 heteroatoms. The van der Waals surface area contributed by atoms with Crippen LogP contribution < -0.4 is 10.6 Å². The first-order valence-corrected chi connectivity index (χ1v) is 8.72. The average Bonchev–Trinajstić information content (AvgIpc) is 2.63. The standard InChI is InChI=1S/C21H25N3O3/c1-14-5-9-18(10-6-14)23-19(25)13-24(4)20(26)12-22-21(27)17-8-7-15(2)16(3)11-17/h5-11H,12-13H2,1-4H3,(H,22,27)(H,23,25). The molecule has 27 heavy (non-hydrogen) atoms. The van der Waals surface area contributed by atoms with Crippen LogP contribution >= 0.6 is 0 Å². The number of hydrogen-bond acceptors (Lipinski definition) is 3. The number of rotatable bonds is 6. The van der Waals surface area contributed by atoms with Crippen LogP contribution in [0, 0.1) is 20.8 Å². The smallest absolute Gasteiger partial charge is 0.251 e. The van der Waals surface area contributed by atoms with Crippen LogP contribution in [-0.2, 0) is 9.59 Å². The zero-order valence-corrected chi connectivity index (χ0v) is 16.1. The minimum atomic E-state index is -0.341. The fraction of sp³-hybridized carbons (Fsp3) is 0.286. The molecule has 2 aromatic carbocycles. The van der Waals surface area contributed by atoms with Crippen LogP contribution in [0.4, 0.5) is 5.69 Å². The Labute approximate surface area is 159 Å². The van der Waals surface area contributed by atoms with Gasteiger partial charge in [0.05, 0.1) is 13.1 Å². The molecular formula is C21H25N3O3. The van der Waals surface area contributed by atoms with Crippen molar-refractivity contribution in [2.24, 2.45) is 0 Å². The van der Waals surface area contributed by atoms with E-state index in [2.05, 4.69) is 10.6 Å². The molecule has 0 fully saturated rings. The van der Waals surface area contributed by atoms with Crippen molar-refractivity contribution in [2.45, 2.75) is 20.8 Å². The Morgan fingerprint density at radius 1 is 0.926 bits per heavy atom. The summed E-state index contributed by atoms with van der Waals surface area (Å²) in [5, 5.41) is 5.33. The average molecular weight is 367 g/mol. The molecule has 2 aromatic rings. The molecule has 0 unspecified atom stereocenters. The lowest BCUT2D eigenvalue weighted by atomic mass is 10.1. The number of nitrogens with zero attached hydrogens (tertiary/aromatic N) is 1. The number of likely N-dealkylation sites (N-methyl/N-ethyl adjacent to an activating group) is 1.